The van der Waals surface area contributed by atoms with E-state index in [9.17, 15) is 9.59 Å². The SMILES string of the molecule is COc1cc(/C=C/C(=O)c2cccc(C(N)=O)c2)cc(I)c1OCc1cccc(Cl)c1. The molecule has 3 aromatic rings. The van der Waals surface area contributed by atoms with Crippen LogP contribution in [0.15, 0.2) is 66.7 Å². The first-order valence-corrected chi connectivity index (χ1v) is 10.7. The number of carbonyl (C=O) groups is 2. The molecule has 0 radical (unpaired) electrons. The van der Waals surface area contributed by atoms with Gasteiger partial charge in [-0.05, 0) is 76.2 Å². The minimum Gasteiger partial charge on any atom is -0.493 e. The Morgan fingerprint density at radius 1 is 1.06 bits per heavy atom. The van der Waals surface area contributed by atoms with Crippen LogP contribution < -0.4 is 15.2 Å². The predicted molar refractivity (Wildman–Crippen MR) is 130 cm³/mol. The third-order valence-electron chi connectivity index (χ3n) is 4.38. The van der Waals surface area contributed by atoms with E-state index in [-0.39, 0.29) is 11.3 Å². The maximum atomic E-state index is 12.5. The van der Waals surface area contributed by atoms with Crippen molar-refractivity contribution in [2.45, 2.75) is 6.61 Å². The fourth-order valence-corrected chi connectivity index (χ4v) is 3.85. The lowest BCUT2D eigenvalue weighted by atomic mass is 10.1. The van der Waals surface area contributed by atoms with E-state index in [0.29, 0.717) is 28.7 Å². The number of methoxy groups -OCH3 is 1. The first-order valence-electron chi connectivity index (χ1n) is 9.24. The maximum absolute atomic E-state index is 12.5. The van der Waals surface area contributed by atoms with Crippen molar-refractivity contribution < 1.29 is 19.1 Å². The van der Waals surface area contributed by atoms with Gasteiger partial charge in [0.1, 0.15) is 6.61 Å². The third kappa shape index (κ3) is 6.08. The van der Waals surface area contributed by atoms with Gasteiger partial charge >= 0.3 is 0 Å². The Balaban J connectivity index is 1.78. The van der Waals surface area contributed by atoms with E-state index in [0.717, 1.165) is 14.7 Å². The highest BCUT2D eigenvalue weighted by Gasteiger charge is 2.12. The fourth-order valence-electron chi connectivity index (χ4n) is 2.85. The molecule has 0 fully saturated rings. The second kappa shape index (κ2) is 10.5. The Kier molecular flexibility index (Phi) is 7.70. The molecule has 0 saturated heterocycles. The molecule has 3 rings (SSSR count). The van der Waals surface area contributed by atoms with Crippen molar-refractivity contribution in [2.24, 2.45) is 5.73 Å². The summed E-state index contributed by atoms with van der Waals surface area (Å²) in [7, 11) is 1.56. The van der Waals surface area contributed by atoms with Crippen molar-refractivity contribution in [3.63, 3.8) is 0 Å². The van der Waals surface area contributed by atoms with Crippen molar-refractivity contribution in [1.29, 1.82) is 0 Å². The lowest BCUT2D eigenvalue weighted by Crippen LogP contribution is -2.11. The van der Waals surface area contributed by atoms with Gasteiger partial charge in [-0.3, -0.25) is 9.59 Å². The highest BCUT2D eigenvalue weighted by molar-refractivity contribution is 14.1. The number of hydrogen-bond donors (Lipinski definition) is 1. The van der Waals surface area contributed by atoms with Crippen LogP contribution in [0.5, 0.6) is 11.5 Å². The summed E-state index contributed by atoms with van der Waals surface area (Å²) >= 11 is 8.19. The van der Waals surface area contributed by atoms with Gasteiger partial charge in [-0.15, -0.1) is 0 Å². The van der Waals surface area contributed by atoms with E-state index >= 15 is 0 Å². The van der Waals surface area contributed by atoms with Gasteiger partial charge in [0.2, 0.25) is 5.91 Å². The molecule has 1 amide bonds. The molecule has 0 saturated carbocycles. The predicted octanol–water partition coefficient (Wildman–Crippen LogP) is 5.53. The van der Waals surface area contributed by atoms with E-state index < -0.39 is 5.91 Å². The molecule has 0 bridgehead atoms. The standard InChI is InChI=1S/C24H19ClINO4/c1-30-22-12-15(8-9-21(28)17-5-3-6-18(13-17)24(27)29)11-20(26)23(22)31-14-16-4-2-7-19(25)10-16/h2-13H,14H2,1H3,(H2,27,29)/b9-8+. The molecule has 0 aliphatic rings. The summed E-state index contributed by atoms with van der Waals surface area (Å²) < 4.78 is 12.3. The van der Waals surface area contributed by atoms with Gasteiger partial charge in [0.15, 0.2) is 17.3 Å². The van der Waals surface area contributed by atoms with Crippen LogP contribution in [0.25, 0.3) is 6.08 Å². The van der Waals surface area contributed by atoms with E-state index in [1.807, 2.05) is 30.3 Å². The smallest absolute Gasteiger partial charge is 0.248 e. The minimum atomic E-state index is -0.578. The largest absolute Gasteiger partial charge is 0.493 e. The van der Waals surface area contributed by atoms with Crippen LogP contribution in [0.3, 0.4) is 0 Å². The molecule has 31 heavy (non-hydrogen) atoms. The van der Waals surface area contributed by atoms with Gasteiger partial charge < -0.3 is 15.2 Å². The molecule has 7 heteroatoms. The summed E-state index contributed by atoms with van der Waals surface area (Å²) in [6.07, 6.45) is 3.13. The summed E-state index contributed by atoms with van der Waals surface area (Å²) in [5.74, 6) is 0.349. The first kappa shape index (κ1) is 22.8. The number of amides is 1. The van der Waals surface area contributed by atoms with Gasteiger partial charge in [-0.1, -0.05) is 41.9 Å². The van der Waals surface area contributed by atoms with Gasteiger partial charge in [0.05, 0.1) is 10.7 Å². The van der Waals surface area contributed by atoms with Crippen LogP contribution in [0.4, 0.5) is 0 Å². The molecule has 0 aromatic heterocycles. The number of ether oxygens (including phenoxy) is 2. The second-order valence-electron chi connectivity index (χ2n) is 6.60. The molecule has 0 unspecified atom stereocenters. The molecule has 0 heterocycles. The Bertz CT molecular complexity index is 1160. The summed E-state index contributed by atoms with van der Waals surface area (Å²) in [4.78, 5) is 23.8. The summed E-state index contributed by atoms with van der Waals surface area (Å²) in [6.45, 7) is 0.344. The number of hydrogen-bond acceptors (Lipinski definition) is 4. The first-order chi connectivity index (χ1) is 14.9. The van der Waals surface area contributed by atoms with Gasteiger partial charge in [0, 0.05) is 16.1 Å². The van der Waals surface area contributed by atoms with Gasteiger partial charge in [-0.2, -0.15) is 0 Å². The minimum absolute atomic E-state index is 0.238. The number of primary amides is 1. The number of rotatable bonds is 8. The third-order valence-corrected chi connectivity index (χ3v) is 5.42. The average molecular weight is 548 g/mol. The molecule has 3 aromatic carbocycles. The lowest BCUT2D eigenvalue weighted by molar-refractivity contribution is 0.1000. The summed E-state index contributed by atoms with van der Waals surface area (Å²) in [5.41, 5.74) is 7.67. The summed E-state index contributed by atoms with van der Waals surface area (Å²) in [6, 6.07) is 17.4. The van der Waals surface area contributed by atoms with E-state index in [1.54, 1.807) is 37.5 Å². The zero-order valence-corrected chi connectivity index (χ0v) is 19.5. The van der Waals surface area contributed by atoms with Crippen molar-refractivity contribution >= 4 is 52.0 Å². The van der Waals surface area contributed by atoms with Crippen molar-refractivity contribution in [3.8, 4) is 11.5 Å². The van der Waals surface area contributed by atoms with E-state index in [1.165, 1.54) is 12.1 Å². The zero-order chi connectivity index (χ0) is 22.4. The van der Waals surface area contributed by atoms with Crippen LogP contribution in [0, 0.1) is 3.57 Å². The quantitative estimate of drug-likeness (QED) is 0.229. The number of allylic oxidation sites excluding steroid dienone is 1. The van der Waals surface area contributed by atoms with E-state index in [4.69, 9.17) is 26.8 Å². The van der Waals surface area contributed by atoms with Gasteiger partial charge in [-0.25, -0.2) is 0 Å². The van der Waals surface area contributed by atoms with Gasteiger partial charge in [0.25, 0.3) is 0 Å². The Labute approximate surface area is 199 Å². The van der Waals surface area contributed by atoms with E-state index in [2.05, 4.69) is 22.6 Å². The fraction of sp³-hybridized carbons (Fsp3) is 0.0833. The van der Waals surface area contributed by atoms with Crippen LogP contribution in [-0.2, 0) is 6.61 Å². The summed E-state index contributed by atoms with van der Waals surface area (Å²) in [5, 5.41) is 0.647. The van der Waals surface area contributed by atoms with Crippen LogP contribution in [0.1, 0.15) is 31.8 Å². The zero-order valence-electron chi connectivity index (χ0n) is 16.6. The number of ketones is 1. The molecule has 0 aliphatic heterocycles. The molecule has 0 atom stereocenters. The maximum Gasteiger partial charge on any atom is 0.248 e. The monoisotopic (exact) mass is 547 g/mol. The molecule has 5 nitrogen and oxygen atoms in total. The molecule has 0 aliphatic carbocycles. The molecule has 0 spiro atoms. The Morgan fingerprint density at radius 2 is 1.81 bits per heavy atom. The molecule has 158 valence electrons. The topological polar surface area (TPSA) is 78.6 Å². The Hall–Kier alpha value is -2.84. The normalized spacial score (nSPS) is 10.8. The Morgan fingerprint density at radius 3 is 2.52 bits per heavy atom. The number of carbonyl (C=O) groups excluding carboxylic acids is 2. The molecule has 2 N–H and O–H groups in total. The van der Waals surface area contributed by atoms with Crippen molar-refractivity contribution in [2.75, 3.05) is 7.11 Å². The number of benzene rings is 3. The van der Waals surface area contributed by atoms with Crippen molar-refractivity contribution in [3.05, 3.63) is 97.6 Å². The van der Waals surface area contributed by atoms with Crippen molar-refractivity contribution in [1.82, 2.24) is 0 Å². The lowest BCUT2D eigenvalue weighted by Gasteiger charge is -2.14. The van der Waals surface area contributed by atoms with Crippen LogP contribution in [-0.4, -0.2) is 18.8 Å². The average Bonchev–Trinajstić information content (AvgIpc) is 2.76. The second-order valence-corrected chi connectivity index (χ2v) is 8.19. The highest BCUT2D eigenvalue weighted by Crippen LogP contribution is 2.35. The van der Waals surface area contributed by atoms with Crippen LogP contribution in [0.2, 0.25) is 5.02 Å². The molecular formula is C24H19ClINO4. The van der Waals surface area contributed by atoms with Crippen LogP contribution >= 0.6 is 34.2 Å². The number of nitrogens with two attached hydrogens (primary N) is 1. The highest BCUT2D eigenvalue weighted by atomic mass is 127. The molecular weight excluding hydrogens is 529 g/mol. The number of halogens is 2.